The predicted molar refractivity (Wildman–Crippen MR) is 68.7 cm³/mol. The van der Waals surface area contributed by atoms with Crippen molar-refractivity contribution in [2.24, 2.45) is 5.73 Å². The van der Waals surface area contributed by atoms with Crippen molar-refractivity contribution in [3.05, 3.63) is 41.0 Å². The van der Waals surface area contributed by atoms with Crippen LogP contribution in [0.4, 0.5) is 0 Å². The van der Waals surface area contributed by atoms with Crippen molar-refractivity contribution in [1.29, 1.82) is 0 Å². The highest BCUT2D eigenvalue weighted by molar-refractivity contribution is 9.10. The third kappa shape index (κ3) is 2.13. The number of rotatable bonds is 3. The lowest BCUT2D eigenvalue weighted by Crippen LogP contribution is -1.99. The van der Waals surface area contributed by atoms with Gasteiger partial charge in [0, 0.05) is 21.1 Å². The van der Waals surface area contributed by atoms with Crippen molar-refractivity contribution in [3.63, 3.8) is 0 Å². The summed E-state index contributed by atoms with van der Waals surface area (Å²) >= 11 is 3.45. The number of hydrogen-bond acceptors (Lipinski definition) is 1. The van der Waals surface area contributed by atoms with Crippen LogP contribution in [-0.2, 0) is 0 Å². The standard InChI is InChI=1S/C12H13BrN2/c1-8(4-5-14)12-7-9-6-10(13)2-3-11(9)15-12/h2-3,6-7,15H,1,4-5,14H2. The van der Waals surface area contributed by atoms with Crippen LogP contribution in [0, 0.1) is 0 Å². The first-order valence-electron chi connectivity index (χ1n) is 4.87. The molecule has 2 nitrogen and oxygen atoms in total. The predicted octanol–water partition coefficient (Wildman–Crippen LogP) is 3.29. The molecule has 0 radical (unpaired) electrons. The maximum absolute atomic E-state index is 5.50. The summed E-state index contributed by atoms with van der Waals surface area (Å²) in [5, 5.41) is 1.19. The number of H-pyrrole nitrogens is 1. The molecule has 3 N–H and O–H groups in total. The normalized spacial score (nSPS) is 10.8. The van der Waals surface area contributed by atoms with E-state index in [1.807, 2.05) is 6.07 Å². The van der Waals surface area contributed by atoms with E-state index in [0.717, 1.165) is 27.7 Å². The first-order valence-corrected chi connectivity index (χ1v) is 5.66. The maximum Gasteiger partial charge on any atom is 0.0459 e. The Morgan fingerprint density at radius 1 is 1.40 bits per heavy atom. The van der Waals surface area contributed by atoms with E-state index in [-0.39, 0.29) is 0 Å². The molecule has 0 saturated heterocycles. The van der Waals surface area contributed by atoms with Gasteiger partial charge in [-0.05, 0) is 42.8 Å². The number of nitrogens with one attached hydrogen (secondary N) is 1. The second-order valence-electron chi connectivity index (χ2n) is 3.56. The molecule has 1 aromatic carbocycles. The SMILES string of the molecule is C=C(CCN)c1cc2cc(Br)ccc2[nH]1. The average molecular weight is 265 g/mol. The third-order valence-corrected chi connectivity index (χ3v) is 2.90. The number of fused-ring (bicyclic) bond motifs is 1. The molecule has 0 aliphatic rings. The van der Waals surface area contributed by atoms with Gasteiger partial charge in [0.05, 0.1) is 0 Å². The lowest BCUT2D eigenvalue weighted by atomic mass is 10.1. The van der Waals surface area contributed by atoms with Crippen molar-refractivity contribution in [1.82, 2.24) is 4.98 Å². The molecule has 3 heteroatoms. The van der Waals surface area contributed by atoms with E-state index in [0.29, 0.717) is 6.54 Å². The number of aromatic amines is 1. The summed E-state index contributed by atoms with van der Waals surface area (Å²) in [5.41, 5.74) is 8.77. The highest BCUT2D eigenvalue weighted by Gasteiger charge is 2.03. The minimum Gasteiger partial charge on any atom is -0.355 e. The molecule has 78 valence electrons. The molecule has 0 saturated carbocycles. The number of aromatic nitrogens is 1. The molecule has 0 spiro atoms. The highest BCUT2D eigenvalue weighted by Crippen LogP contribution is 2.24. The van der Waals surface area contributed by atoms with E-state index in [2.05, 4.69) is 45.7 Å². The fourth-order valence-corrected chi connectivity index (χ4v) is 1.98. The molecule has 0 aliphatic carbocycles. The zero-order valence-corrected chi connectivity index (χ0v) is 9.97. The molecule has 0 bridgehead atoms. The van der Waals surface area contributed by atoms with Gasteiger partial charge in [-0.2, -0.15) is 0 Å². The molecule has 1 aromatic heterocycles. The Hall–Kier alpha value is -1.06. The molecule has 2 rings (SSSR count). The van der Waals surface area contributed by atoms with E-state index >= 15 is 0 Å². The third-order valence-electron chi connectivity index (χ3n) is 2.41. The van der Waals surface area contributed by atoms with Crippen molar-refractivity contribution in [3.8, 4) is 0 Å². The van der Waals surface area contributed by atoms with Gasteiger partial charge in [0.15, 0.2) is 0 Å². The van der Waals surface area contributed by atoms with Gasteiger partial charge in [-0.1, -0.05) is 22.5 Å². The van der Waals surface area contributed by atoms with E-state index in [9.17, 15) is 0 Å². The fourth-order valence-electron chi connectivity index (χ4n) is 1.60. The van der Waals surface area contributed by atoms with Crippen LogP contribution in [0.2, 0.25) is 0 Å². The Bertz CT molecular complexity index is 499. The molecule has 2 aromatic rings. The van der Waals surface area contributed by atoms with Gasteiger partial charge in [0.1, 0.15) is 0 Å². The van der Waals surface area contributed by atoms with Crippen LogP contribution in [0.5, 0.6) is 0 Å². The van der Waals surface area contributed by atoms with E-state index in [1.54, 1.807) is 0 Å². The van der Waals surface area contributed by atoms with Crippen LogP contribution in [0.1, 0.15) is 12.1 Å². The van der Waals surface area contributed by atoms with E-state index < -0.39 is 0 Å². The monoisotopic (exact) mass is 264 g/mol. The first kappa shape index (κ1) is 10.5. The van der Waals surface area contributed by atoms with Crippen molar-refractivity contribution < 1.29 is 0 Å². The van der Waals surface area contributed by atoms with Gasteiger partial charge in [0.25, 0.3) is 0 Å². The number of nitrogens with two attached hydrogens (primary N) is 1. The summed E-state index contributed by atoms with van der Waals surface area (Å²) in [4.78, 5) is 3.33. The molecule has 0 atom stereocenters. The molecular formula is C12H13BrN2. The van der Waals surface area contributed by atoms with Gasteiger partial charge in [-0.3, -0.25) is 0 Å². The largest absolute Gasteiger partial charge is 0.355 e. The smallest absolute Gasteiger partial charge is 0.0459 e. The molecule has 0 fully saturated rings. The molecular weight excluding hydrogens is 252 g/mol. The summed E-state index contributed by atoms with van der Waals surface area (Å²) in [6.45, 7) is 4.65. The van der Waals surface area contributed by atoms with E-state index in [1.165, 1.54) is 5.39 Å². The van der Waals surface area contributed by atoms with Gasteiger partial charge >= 0.3 is 0 Å². The molecule has 0 aliphatic heterocycles. The Morgan fingerprint density at radius 3 is 2.93 bits per heavy atom. The lowest BCUT2D eigenvalue weighted by molar-refractivity contribution is 1.02. The Balaban J connectivity index is 2.42. The van der Waals surface area contributed by atoms with Crippen LogP contribution in [0.15, 0.2) is 35.3 Å². The average Bonchev–Trinajstić information content (AvgIpc) is 2.60. The van der Waals surface area contributed by atoms with E-state index in [4.69, 9.17) is 5.73 Å². The fraction of sp³-hybridized carbons (Fsp3) is 0.167. The topological polar surface area (TPSA) is 41.8 Å². The molecule has 15 heavy (non-hydrogen) atoms. The number of benzene rings is 1. The maximum atomic E-state index is 5.50. The van der Waals surface area contributed by atoms with Crippen LogP contribution in [-0.4, -0.2) is 11.5 Å². The van der Waals surface area contributed by atoms with Crippen LogP contribution in [0.3, 0.4) is 0 Å². The van der Waals surface area contributed by atoms with Gasteiger partial charge in [0.2, 0.25) is 0 Å². The van der Waals surface area contributed by atoms with Crippen LogP contribution in [0.25, 0.3) is 16.5 Å². The Kier molecular flexibility index (Phi) is 2.93. The summed E-state index contributed by atoms with van der Waals surface area (Å²) in [7, 11) is 0. The summed E-state index contributed by atoms with van der Waals surface area (Å²) in [6, 6.07) is 8.27. The first-order chi connectivity index (χ1) is 7.20. The van der Waals surface area contributed by atoms with Crippen molar-refractivity contribution >= 4 is 32.4 Å². The summed E-state index contributed by atoms with van der Waals surface area (Å²) in [5.74, 6) is 0. The van der Waals surface area contributed by atoms with Gasteiger partial charge < -0.3 is 10.7 Å². The molecule has 0 unspecified atom stereocenters. The zero-order chi connectivity index (χ0) is 10.8. The lowest BCUT2D eigenvalue weighted by Gasteiger charge is -1.98. The quantitative estimate of drug-likeness (QED) is 0.878. The van der Waals surface area contributed by atoms with Crippen LogP contribution < -0.4 is 5.73 Å². The highest BCUT2D eigenvalue weighted by atomic mass is 79.9. The molecule has 1 heterocycles. The van der Waals surface area contributed by atoms with Crippen molar-refractivity contribution in [2.75, 3.05) is 6.54 Å². The van der Waals surface area contributed by atoms with Crippen LogP contribution >= 0.6 is 15.9 Å². The summed E-state index contributed by atoms with van der Waals surface area (Å²) < 4.78 is 1.09. The summed E-state index contributed by atoms with van der Waals surface area (Å²) in [6.07, 6.45) is 0.827. The number of halogens is 1. The van der Waals surface area contributed by atoms with Gasteiger partial charge in [-0.25, -0.2) is 0 Å². The molecule has 0 amide bonds. The Labute approximate surface area is 97.3 Å². The Morgan fingerprint density at radius 2 is 2.20 bits per heavy atom. The van der Waals surface area contributed by atoms with Crippen molar-refractivity contribution in [2.45, 2.75) is 6.42 Å². The second kappa shape index (κ2) is 4.21. The zero-order valence-electron chi connectivity index (χ0n) is 8.39. The second-order valence-corrected chi connectivity index (χ2v) is 4.47. The minimum absolute atomic E-state index is 0.637. The van der Waals surface area contributed by atoms with Gasteiger partial charge in [-0.15, -0.1) is 0 Å². The number of hydrogen-bond donors (Lipinski definition) is 2. The minimum atomic E-state index is 0.637.